The van der Waals surface area contributed by atoms with E-state index in [-0.39, 0.29) is 0 Å². The van der Waals surface area contributed by atoms with Gasteiger partial charge in [0, 0.05) is 13.1 Å². The van der Waals surface area contributed by atoms with Crippen LogP contribution in [0.4, 0.5) is 0 Å². The highest BCUT2D eigenvalue weighted by Gasteiger charge is 2.27. The lowest BCUT2D eigenvalue weighted by Crippen LogP contribution is -2.53. The molecule has 0 radical (unpaired) electrons. The maximum Gasteiger partial charge on any atom is 0.174 e. The normalized spacial score (nSPS) is 18.5. The van der Waals surface area contributed by atoms with E-state index < -0.39 is 0 Å². The fourth-order valence-corrected chi connectivity index (χ4v) is 2.23. The first-order valence-electron chi connectivity index (χ1n) is 4.81. The maximum atomic E-state index is 5.74. The summed E-state index contributed by atoms with van der Waals surface area (Å²) in [7, 11) is 0. The molecule has 1 fully saturated rings. The Bertz CT molecular complexity index is 241. The van der Waals surface area contributed by atoms with Crippen molar-refractivity contribution in [1.29, 1.82) is 0 Å². The fourth-order valence-electron chi connectivity index (χ4n) is 1.59. The van der Waals surface area contributed by atoms with Crippen molar-refractivity contribution in [3.05, 3.63) is 17.5 Å². The third kappa shape index (κ3) is 2.23. The largest absolute Gasteiger partial charge is 0.478 e. The molecule has 1 aromatic heterocycles. The van der Waals surface area contributed by atoms with E-state index in [0.717, 1.165) is 18.2 Å². The minimum atomic E-state index is 0.435. The summed E-state index contributed by atoms with van der Waals surface area (Å²) in [5.41, 5.74) is 0. The van der Waals surface area contributed by atoms with Crippen LogP contribution in [0.3, 0.4) is 0 Å². The van der Waals surface area contributed by atoms with Crippen LogP contribution in [0.5, 0.6) is 5.06 Å². The van der Waals surface area contributed by atoms with E-state index in [1.165, 1.54) is 13.0 Å². The van der Waals surface area contributed by atoms with Crippen LogP contribution in [0.25, 0.3) is 0 Å². The van der Waals surface area contributed by atoms with Crippen LogP contribution in [-0.4, -0.2) is 30.6 Å². The second-order valence-electron chi connectivity index (χ2n) is 3.43. The summed E-state index contributed by atoms with van der Waals surface area (Å²) >= 11 is 1.67. The highest BCUT2D eigenvalue weighted by atomic mass is 32.1. The van der Waals surface area contributed by atoms with Crippen LogP contribution >= 0.6 is 11.3 Å². The Balaban J connectivity index is 1.70. The van der Waals surface area contributed by atoms with E-state index >= 15 is 0 Å². The van der Waals surface area contributed by atoms with Crippen molar-refractivity contribution < 1.29 is 4.74 Å². The molecule has 3 heteroatoms. The number of likely N-dealkylation sites (tertiary alicyclic amines) is 1. The van der Waals surface area contributed by atoms with Crippen molar-refractivity contribution in [2.45, 2.75) is 19.4 Å². The zero-order chi connectivity index (χ0) is 9.10. The van der Waals surface area contributed by atoms with Crippen LogP contribution < -0.4 is 4.74 Å². The molecule has 0 N–H and O–H groups in total. The monoisotopic (exact) mass is 197 g/mol. The highest BCUT2D eigenvalue weighted by Crippen LogP contribution is 2.22. The summed E-state index contributed by atoms with van der Waals surface area (Å²) in [6.45, 7) is 5.63. The Kier molecular flexibility index (Phi) is 2.86. The highest BCUT2D eigenvalue weighted by molar-refractivity contribution is 7.11. The standard InChI is InChI=1S/C10H15NOS/c1-2-5-11-7-9(8-11)12-10-4-3-6-13-10/h3-4,6,9H,2,5,7-8H2,1H3. The van der Waals surface area contributed by atoms with E-state index in [1.807, 2.05) is 12.1 Å². The second kappa shape index (κ2) is 4.11. The van der Waals surface area contributed by atoms with E-state index in [9.17, 15) is 0 Å². The van der Waals surface area contributed by atoms with Gasteiger partial charge in [-0.2, -0.15) is 0 Å². The van der Waals surface area contributed by atoms with Crippen LogP contribution in [0.15, 0.2) is 17.5 Å². The summed E-state index contributed by atoms with van der Waals surface area (Å²) < 4.78 is 5.74. The average Bonchev–Trinajstić information content (AvgIpc) is 2.53. The molecular formula is C10H15NOS. The predicted octanol–water partition coefficient (Wildman–Crippen LogP) is 2.22. The van der Waals surface area contributed by atoms with Gasteiger partial charge in [0.25, 0.3) is 0 Å². The summed E-state index contributed by atoms with van der Waals surface area (Å²) in [5, 5.41) is 3.11. The molecule has 0 atom stereocenters. The molecule has 0 saturated carbocycles. The molecule has 2 heterocycles. The van der Waals surface area contributed by atoms with Crippen LogP contribution in [0.2, 0.25) is 0 Å². The van der Waals surface area contributed by atoms with Gasteiger partial charge in [-0.15, -0.1) is 11.3 Å². The molecule has 2 rings (SSSR count). The predicted molar refractivity (Wildman–Crippen MR) is 55.5 cm³/mol. The zero-order valence-corrected chi connectivity index (χ0v) is 8.72. The van der Waals surface area contributed by atoms with Crippen LogP contribution in [0, 0.1) is 0 Å². The van der Waals surface area contributed by atoms with Gasteiger partial charge in [-0.05, 0) is 30.5 Å². The van der Waals surface area contributed by atoms with Gasteiger partial charge in [0.1, 0.15) is 6.10 Å². The van der Waals surface area contributed by atoms with Gasteiger partial charge < -0.3 is 4.74 Å². The number of rotatable bonds is 4. The van der Waals surface area contributed by atoms with E-state index in [0.29, 0.717) is 6.10 Å². The van der Waals surface area contributed by atoms with Gasteiger partial charge in [-0.25, -0.2) is 0 Å². The average molecular weight is 197 g/mol. The lowest BCUT2D eigenvalue weighted by Gasteiger charge is -2.38. The third-order valence-corrected chi connectivity index (χ3v) is 3.00. The first-order chi connectivity index (χ1) is 6.38. The summed E-state index contributed by atoms with van der Waals surface area (Å²) in [5.74, 6) is 0. The van der Waals surface area contributed by atoms with Gasteiger partial charge in [-0.3, -0.25) is 4.90 Å². The van der Waals surface area contributed by atoms with Crippen molar-refractivity contribution in [1.82, 2.24) is 4.90 Å². The van der Waals surface area contributed by atoms with Crippen molar-refractivity contribution in [3.63, 3.8) is 0 Å². The van der Waals surface area contributed by atoms with Gasteiger partial charge >= 0.3 is 0 Å². The van der Waals surface area contributed by atoms with Crippen molar-refractivity contribution in [3.8, 4) is 5.06 Å². The number of hydrogen-bond acceptors (Lipinski definition) is 3. The Hall–Kier alpha value is -0.540. The minimum absolute atomic E-state index is 0.435. The van der Waals surface area contributed by atoms with Crippen molar-refractivity contribution in [2.24, 2.45) is 0 Å². The molecule has 72 valence electrons. The quantitative estimate of drug-likeness (QED) is 0.734. The SMILES string of the molecule is CCCN1CC(Oc2cccs2)C1. The smallest absolute Gasteiger partial charge is 0.174 e. The Morgan fingerprint density at radius 1 is 1.62 bits per heavy atom. The van der Waals surface area contributed by atoms with Crippen LogP contribution in [-0.2, 0) is 0 Å². The molecule has 0 aliphatic carbocycles. The molecule has 1 aliphatic rings. The molecule has 13 heavy (non-hydrogen) atoms. The molecule has 0 aromatic carbocycles. The third-order valence-electron chi connectivity index (χ3n) is 2.24. The summed E-state index contributed by atoms with van der Waals surface area (Å²) in [4.78, 5) is 2.43. The topological polar surface area (TPSA) is 12.5 Å². The molecular weight excluding hydrogens is 182 g/mol. The summed E-state index contributed by atoms with van der Waals surface area (Å²) in [6.07, 6.45) is 1.68. The van der Waals surface area contributed by atoms with E-state index in [2.05, 4.69) is 17.2 Å². The molecule has 0 amide bonds. The number of ether oxygens (including phenoxy) is 1. The first-order valence-corrected chi connectivity index (χ1v) is 5.69. The van der Waals surface area contributed by atoms with Crippen molar-refractivity contribution in [2.75, 3.05) is 19.6 Å². The minimum Gasteiger partial charge on any atom is -0.478 e. The molecule has 0 spiro atoms. The number of nitrogens with zero attached hydrogens (tertiary/aromatic N) is 1. The molecule has 0 bridgehead atoms. The van der Waals surface area contributed by atoms with Gasteiger partial charge in [0.2, 0.25) is 0 Å². The van der Waals surface area contributed by atoms with Gasteiger partial charge in [0.05, 0.1) is 0 Å². The lowest BCUT2D eigenvalue weighted by atomic mass is 10.1. The molecule has 1 saturated heterocycles. The molecule has 1 aromatic rings. The maximum absolute atomic E-state index is 5.74. The molecule has 0 unspecified atom stereocenters. The van der Waals surface area contributed by atoms with Gasteiger partial charge in [-0.1, -0.05) is 6.92 Å². The molecule has 2 nitrogen and oxygen atoms in total. The first kappa shape index (κ1) is 9.03. The fraction of sp³-hybridized carbons (Fsp3) is 0.600. The number of hydrogen-bond donors (Lipinski definition) is 0. The molecule has 1 aliphatic heterocycles. The second-order valence-corrected chi connectivity index (χ2v) is 4.34. The zero-order valence-electron chi connectivity index (χ0n) is 7.90. The Labute approximate surface area is 83.1 Å². The van der Waals surface area contributed by atoms with E-state index in [1.54, 1.807) is 11.3 Å². The van der Waals surface area contributed by atoms with Gasteiger partial charge in [0.15, 0.2) is 5.06 Å². The van der Waals surface area contributed by atoms with Crippen molar-refractivity contribution >= 4 is 11.3 Å². The lowest BCUT2D eigenvalue weighted by molar-refractivity contribution is 0.0227. The van der Waals surface area contributed by atoms with Crippen LogP contribution in [0.1, 0.15) is 13.3 Å². The number of thiophene rings is 1. The summed E-state index contributed by atoms with van der Waals surface area (Å²) in [6, 6.07) is 4.07. The Morgan fingerprint density at radius 3 is 3.08 bits per heavy atom. The van der Waals surface area contributed by atoms with E-state index in [4.69, 9.17) is 4.74 Å². The Morgan fingerprint density at radius 2 is 2.46 bits per heavy atom.